The van der Waals surface area contributed by atoms with Crippen molar-refractivity contribution >= 4 is 0 Å². The zero-order chi connectivity index (χ0) is 21.1. The predicted octanol–water partition coefficient (Wildman–Crippen LogP) is 5.92. The van der Waals surface area contributed by atoms with Crippen molar-refractivity contribution < 1.29 is 18.3 Å². The van der Waals surface area contributed by atoms with Crippen LogP contribution >= 0.6 is 0 Å². The van der Waals surface area contributed by atoms with Crippen molar-refractivity contribution in [1.29, 1.82) is 0 Å². The van der Waals surface area contributed by atoms with Gasteiger partial charge in [0.1, 0.15) is 23.9 Å². The van der Waals surface area contributed by atoms with Crippen LogP contribution in [0.4, 0.5) is 8.78 Å². The molecule has 4 aromatic rings. The highest BCUT2D eigenvalue weighted by atomic mass is 19.2. The summed E-state index contributed by atoms with van der Waals surface area (Å²) >= 11 is 0. The molecule has 0 saturated heterocycles. The standard InChI is InChI=1S/C24H20F2N2O2/c1-15-3-5-16(6-4-15)14-30-18-8-9-19(23(12-18)29-2)22-13-27-24(28-22)17-7-10-20(25)21(26)11-17/h3-13H,14H2,1-2H3,(H,27,28). The van der Waals surface area contributed by atoms with Crippen molar-refractivity contribution in [2.45, 2.75) is 13.5 Å². The molecule has 1 heterocycles. The Bertz CT molecular complexity index is 1170. The summed E-state index contributed by atoms with van der Waals surface area (Å²) in [5, 5.41) is 0. The number of aromatic nitrogens is 2. The number of nitrogens with one attached hydrogen (secondary N) is 1. The largest absolute Gasteiger partial charge is 0.496 e. The van der Waals surface area contributed by atoms with Gasteiger partial charge in [0.2, 0.25) is 0 Å². The Morgan fingerprint density at radius 2 is 1.73 bits per heavy atom. The molecule has 4 rings (SSSR count). The molecule has 0 fully saturated rings. The molecule has 0 aliphatic carbocycles. The summed E-state index contributed by atoms with van der Waals surface area (Å²) in [7, 11) is 1.57. The van der Waals surface area contributed by atoms with Crippen molar-refractivity contribution in [2.24, 2.45) is 0 Å². The first kappa shape index (κ1) is 19.6. The normalized spacial score (nSPS) is 10.8. The minimum absolute atomic E-state index is 0.436. The maximum Gasteiger partial charge on any atom is 0.159 e. The Balaban J connectivity index is 1.55. The Kier molecular flexibility index (Phi) is 5.48. The minimum Gasteiger partial charge on any atom is -0.496 e. The van der Waals surface area contributed by atoms with Crippen LogP contribution in [0.1, 0.15) is 11.1 Å². The lowest BCUT2D eigenvalue weighted by Gasteiger charge is -2.11. The number of nitrogens with zero attached hydrogens (tertiary/aromatic N) is 1. The Morgan fingerprint density at radius 1 is 0.933 bits per heavy atom. The molecule has 30 heavy (non-hydrogen) atoms. The van der Waals surface area contributed by atoms with E-state index in [2.05, 4.69) is 9.97 Å². The van der Waals surface area contributed by atoms with Crippen LogP contribution in [0.5, 0.6) is 11.5 Å². The molecular weight excluding hydrogens is 386 g/mol. The zero-order valence-electron chi connectivity index (χ0n) is 16.6. The number of aryl methyl sites for hydroxylation is 1. The van der Waals surface area contributed by atoms with E-state index in [0.29, 0.717) is 35.2 Å². The van der Waals surface area contributed by atoms with Gasteiger partial charge in [-0.3, -0.25) is 0 Å². The van der Waals surface area contributed by atoms with Crippen LogP contribution in [0.3, 0.4) is 0 Å². The SMILES string of the molecule is COc1cc(OCc2ccc(C)cc2)ccc1-c1c[nH]c(-c2ccc(F)c(F)c2)n1. The topological polar surface area (TPSA) is 47.1 Å². The number of ether oxygens (including phenoxy) is 2. The fourth-order valence-corrected chi connectivity index (χ4v) is 3.07. The lowest BCUT2D eigenvalue weighted by Crippen LogP contribution is -1.96. The van der Waals surface area contributed by atoms with Crippen LogP contribution in [0, 0.1) is 18.6 Å². The van der Waals surface area contributed by atoms with Gasteiger partial charge in [-0.15, -0.1) is 0 Å². The first-order valence-corrected chi connectivity index (χ1v) is 9.41. The van der Waals surface area contributed by atoms with E-state index in [1.165, 1.54) is 11.6 Å². The molecule has 0 unspecified atom stereocenters. The van der Waals surface area contributed by atoms with E-state index < -0.39 is 11.6 Å². The van der Waals surface area contributed by atoms with Crippen molar-refractivity contribution in [3.05, 3.63) is 89.6 Å². The molecule has 0 atom stereocenters. The van der Waals surface area contributed by atoms with Crippen LogP contribution in [0.2, 0.25) is 0 Å². The average Bonchev–Trinajstić information content (AvgIpc) is 3.25. The average molecular weight is 406 g/mol. The van der Waals surface area contributed by atoms with Gasteiger partial charge in [0.05, 0.1) is 12.8 Å². The minimum atomic E-state index is -0.918. The second-order valence-corrected chi connectivity index (χ2v) is 6.90. The Labute approximate surface area is 173 Å². The quantitative estimate of drug-likeness (QED) is 0.432. The van der Waals surface area contributed by atoms with Crippen LogP contribution in [-0.2, 0) is 6.61 Å². The number of benzene rings is 3. The molecule has 0 bridgehead atoms. The summed E-state index contributed by atoms with van der Waals surface area (Å²) in [6, 6.07) is 17.3. The summed E-state index contributed by atoms with van der Waals surface area (Å²) in [5.74, 6) is -0.107. The van der Waals surface area contributed by atoms with Gasteiger partial charge in [-0.1, -0.05) is 29.8 Å². The highest BCUT2D eigenvalue weighted by Crippen LogP contribution is 2.33. The molecule has 3 aromatic carbocycles. The molecule has 0 saturated carbocycles. The van der Waals surface area contributed by atoms with Gasteiger partial charge in [0, 0.05) is 23.4 Å². The third-order valence-electron chi connectivity index (χ3n) is 4.75. The van der Waals surface area contributed by atoms with E-state index in [4.69, 9.17) is 9.47 Å². The smallest absolute Gasteiger partial charge is 0.159 e. The van der Waals surface area contributed by atoms with E-state index >= 15 is 0 Å². The van der Waals surface area contributed by atoms with E-state index in [1.54, 1.807) is 19.4 Å². The molecule has 6 heteroatoms. The van der Waals surface area contributed by atoms with Gasteiger partial charge in [-0.2, -0.15) is 0 Å². The molecule has 4 nitrogen and oxygen atoms in total. The van der Waals surface area contributed by atoms with Crippen LogP contribution < -0.4 is 9.47 Å². The number of H-pyrrole nitrogens is 1. The van der Waals surface area contributed by atoms with Crippen molar-refractivity contribution in [3.63, 3.8) is 0 Å². The number of aromatic amines is 1. The summed E-state index contributed by atoms with van der Waals surface area (Å²) in [5.41, 5.74) is 4.11. The molecule has 0 aliphatic rings. The molecule has 0 spiro atoms. The van der Waals surface area contributed by atoms with Crippen molar-refractivity contribution in [1.82, 2.24) is 9.97 Å². The Hall–Kier alpha value is -3.67. The maximum absolute atomic E-state index is 13.5. The number of imidazole rings is 1. The van der Waals surface area contributed by atoms with Gasteiger partial charge in [-0.05, 0) is 42.8 Å². The number of halogens is 2. The third kappa shape index (κ3) is 4.17. The van der Waals surface area contributed by atoms with Gasteiger partial charge in [0.15, 0.2) is 11.6 Å². The zero-order valence-corrected chi connectivity index (χ0v) is 16.6. The summed E-state index contributed by atoms with van der Waals surface area (Å²) in [6.45, 7) is 2.49. The fourth-order valence-electron chi connectivity index (χ4n) is 3.07. The fraction of sp³-hybridized carbons (Fsp3) is 0.125. The lowest BCUT2D eigenvalue weighted by molar-refractivity contribution is 0.304. The predicted molar refractivity (Wildman–Crippen MR) is 111 cm³/mol. The third-order valence-corrected chi connectivity index (χ3v) is 4.75. The molecule has 0 radical (unpaired) electrons. The van der Waals surface area contributed by atoms with Crippen molar-refractivity contribution in [2.75, 3.05) is 7.11 Å². The van der Waals surface area contributed by atoms with Crippen LogP contribution in [0.15, 0.2) is 66.9 Å². The highest BCUT2D eigenvalue weighted by molar-refractivity contribution is 5.70. The van der Waals surface area contributed by atoms with Gasteiger partial charge in [-0.25, -0.2) is 13.8 Å². The second-order valence-electron chi connectivity index (χ2n) is 6.90. The molecule has 0 amide bonds. The molecule has 152 valence electrons. The number of rotatable bonds is 6. The van der Waals surface area contributed by atoms with Gasteiger partial charge >= 0.3 is 0 Å². The summed E-state index contributed by atoms with van der Waals surface area (Å²) in [6.07, 6.45) is 1.70. The second kappa shape index (κ2) is 8.37. The van der Waals surface area contributed by atoms with E-state index in [0.717, 1.165) is 23.3 Å². The first-order chi connectivity index (χ1) is 14.5. The van der Waals surface area contributed by atoms with E-state index in [-0.39, 0.29) is 0 Å². The molecular formula is C24H20F2N2O2. The van der Waals surface area contributed by atoms with Crippen LogP contribution in [0.25, 0.3) is 22.6 Å². The monoisotopic (exact) mass is 406 g/mol. The molecule has 0 aliphatic heterocycles. The van der Waals surface area contributed by atoms with Crippen LogP contribution in [-0.4, -0.2) is 17.1 Å². The maximum atomic E-state index is 13.5. The van der Waals surface area contributed by atoms with E-state index in [9.17, 15) is 8.78 Å². The number of hydrogen-bond donors (Lipinski definition) is 1. The highest BCUT2D eigenvalue weighted by Gasteiger charge is 2.13. The Morgan fingerprint density at radius 3 is 2.47 bits per heavy atom. The first-order valence-electron chi connectivity index (χ1n) is 9.41. The lowest BCUT2D eigenvalue weighted by atomic mass is 10.1. The van der Waals surface area contributed by atoms with Gasteiger partial charge < -0.3 is 14.5 Å². The van der Waals surface area contributed by atoms with Gasteiger partial charge in [0.25, 0.3) is 0 Å². The number of hydrogen-bond acceptors (Lipinski definition) is 3. The number of methoxy groups -OCH3 is 1. The summed E-state index contributed by atoms with van der Waals surface area (Å²) in [4.78, 5) is 7.49. The van der Waals surface area contributed by atoms with Crippen molar-refractivity contribution in [3.8, 4) is 34.1 Å². The summed E-state index contributed by atoms with van der Waals surface area (Å²) < 4.78 is 38.1. The van der Waals surface area contributed by atoms with E-state index in [1.807, 2.05) is 43.3 Å². The molecule has 1 N–H and O–H groups in total. The molecule has 1 aromatic heterocycles.